The number of amides is 1. The number of halogens is 1. The van der Waals surface area contributed by atoms with Crippen LogP contribution in [-0.4, -0.2) is 11.7 Å². The van der Waals surface area contributed by atoms with Crippen molar-refractivity contribution in [1.82, 2.24) is 0 Å². The first-order valence-corrected chi connectivity index (χ1v) is 8.20. The Morgan fingerprint density at radius 1 is 1.04 bits per heavy atom. The topological polar surface area (TPSA) is 46.2 Å². The molecule has 0 spiro atoms. The molecule has 0 radical (unpaired) electrons. The highest BCUT2D eigenvalue weighted by Crippen LogP contribution is 2.42. The van der Waals surface area contributed by atoms with Crippen molar-refractivity contribution in [2.24, 2.45) is 0 Å². The molecule has 0 aliphatic heterocycles. The van der Waals surface area contributed by atoms with E-state index in [9.17, 15) is 14.0 Å². The van der Waals surface area contributed by atoms with Gasteiger partial charge in [0.25, 0.3) is 0 Å². The number of anilines is 1. The standard InChI is InChI=1S/C20H20FNO2/c1-14(23)15-7-9-18(10-8-15)22-19(24)20(11-2-3-12-20)16-5-4-6-17(21)13-16/h4-10,13H,2-3,11-12H2,1H3,(H,22,24). The molecular formula is C20H20FNO2. The van der Waals surface area contributed by atoms with Crippen LogP contribution in [0.4, 0.5) is 10.1 Å². The summed E-state index contributed by atoms with van der Waals surface area (Å²) in [5, 5.41) is 2.94. The van der Waals surface area contributed by atoms with Gasteiger partial charge in [0.1, 0.15) is 5.82 Å². The minimum atomic E-state index is -0.679. The fraction of sp³-hybridized carbons (Fsp3) is 0.300. The molecule has 2 aromatic carbocycles. The number of benzene rings is 2. The van der Waals surface area contributed by atoms with E-state index in [1.165, 1.54) is 19.1 Å². The Balaban J connectivity index is 1.86. The summed E-state index contributed by atoms with van der Waals surface area (Å²) in [5.41, 5.74) is 1.31. The van der Waals surface area contributed by atoms with Gasteiger partial charge in [-0.25, -0.2) is 4.39 Å². The van der Waals surface area contributed by atoms with Crippen molar-refractivity contribution in [3.05, 3.63) is 65.5 Å². The van der Waals surface area contributed by atoms with Crippen molar-refractivity contribution in [2.45, 2.75) is 38.0 Å². The van der Waals surface area contributed by atoms with Gasteiger partial charge in [0.05, 0.1) is 5.41 Å². The van der Waals surface area contributed by atoms with E-state index >= 15 is 0 Å². The molecule has 0 unspecified atom stereocenters. The summed E-state index contributed by atoms with van der Waals surface area (Å²) in [6.45, 7) is 1.51. The van der Waals surface area contributed by atoms with E-state index in [4.69, 9.17) is 0 Å². The normalized spacial score (nSPS) is 15.9. The third-order valence-electron chi connectivity index (χ3n) is 4.82. The van der Waals surface area contributed by atoms with Crippen molar-refractivity contribution in [3.63, 3.8) is 0 Å². The number of carbonyl (C=O) groups is 2. The first-order valence-electron chi connectivity index (χ1n) is 8.20. The summed E-state index contributed by atoms with van der Waals surface area (Å²) >= 11 is 0. The molecule has 1 fully saturated rings. The van der Waals surface area contributed by atoms with Gasteiger partial charge >= 0.3 is 0 Å². The molecule has 3 rings (SSSR count). The van der Waals surface area contributed by atoms with Crippen LogP contribution in [-0.2, 0) is 10.2 Å². The number of Topliss-reactive ketones (excluding diaryl/α,β-unsaturated/α-hetero) is 1. The Bertz CT molecular complexity index is 761. The molecule has 124 valence electrons. The monoisotopic (exact) mass is 325 g/mol. The van der Waals surface area contributed by atoms with E-state index < -0.39 is 5.41 Å². The molecule has 0 aromatic heterocycles. The van der Waals surface area contributed by atoms with Crippen molar-refractivity contribution >= 4 is 17.4 Å². The zero-order chi connectivity index (χ0) is 17.2. The number of carbonyl (C=O) groups excluding carboxylic acids is 2. The van der Waals surface area contributed by atoms with Gasteiger partial charge in [-0.2, -0.15) is 0 Å². The molecule has 0 bridgehead atoms. The third-order valence-corrected chi connectivity index (χ3v) is 4.82. The Kier molecular flexibility index (Phi) is 4.47. The molecular weight excluding hydrogens is 305 g/mol. The maximum absolute atomic E-state index is 13.6. The van der Waals surface area contributed by atoms with Crippen molar-refractivity contribution in [3.8, 4) is 0 Å². The average molecular weight is 325 g/mol. The van der Waals surface area contributed by atoms with Gasteiger partial charge in [0, 0.05) is 11.3 Å². The van der Waals surface area contributed by atoms with Gasteiger partial charge in [-0.15, -0.1) is 0 Å². The predicted octanol–water partition coefficient (Wildman–Crippen LogP) is 4.48. The zero-order valence-electron chi connectivity index (χ0n) is 13.6. The summed E-state index contributed by atoms with van der Waals surface area (Å²) in [5.74, 6) is -0.446. The molecule has 1 amide bonds. The lowest BCUT2D eigenvalue weighted by Crippen LogP contribution is -2.38. The number of hydrogen-bond donors (Lipinski definition) is 1. The van der Waals surface area contributed by atoms with Crippen molar-refractivity contribution in [2.75, 3.05) is 5.32 Å². The highest BCUT2D eigenvalue weighted by Gasteiger charge is 2.42. The van der Waals surface area contributed by atoms with Crippen LogP contribution >= 0.6 is 0 Å². The van der Waals surface area contributed by atoms with Crippen molar-refractivity contribution in [1.29, 1.82) is 0 Å². The Morgan fingerprint density at radius 2 is 1.71 bits per heavy atom. The molecule has 2 aromatic rings. The fourth-order valence-electron chi connectivity index (χ4n) is 3.45. The first-order chi connectivity index (χ1) is 11.5. The van der Waals surface area contributed by atoms with Crippen LogP contribution in [0.3, 0.4) is 0 Å². The first kappa shape index (κ1) is 16.4. The lowest BCUT2D eigenvalue weighted by atomic mass is 9.78. The third kappa shape index (κ3) is 3.09. The minimum absolute atomic E-state index is 0.0140. The molecule has 1 saturated carbocycles. The van der Waals surface area contributed by atoms with Gasteiger partial charge in [-0.05, 0) is 61.7 Å². The van der Waals surface area contributed by atoms with E-state index in [2.05, 4.69) is 5.32 Å². The van der Waals surface area contributed by atoms with Gasteiger partial charge in [0.15, 0.2) is 5.78 Å². The van der Waals surface area contributed by atoms with E-state index in [1.807, 2.05) is 6.07 Å². The molecule has 1 aliphatic rings. The molecule has 0 saturated heterocycles. The Labute approximate surface area is 140 Å². The van der Waals surface area contributed by atoms with Crippen LogP contribution in [0.25, 0.3) is 0 Å². The smallest absolute Gasteiger partial charge is 0.235 e. The lowest BCUT2D eigenvalue weighted by molar-refractivity contribution is -0.121. The summed E-state index contributed by atoms with van der Waals surface area (Å²) < 4.78 is 13.6. The van der Waals surface area contributed by atoms with Crippen molar-refractivity contribution < 1.29 is 14.0 Å². The number of rotatable bonds is 4. The second-order valence-electron chi connectivity index (χ2n) is 6.39. The van der Waals surface area contributed by atoms with E-state index in [-0.39, 0.29) is 17.5 Å². The van der Waals surface area contributed by atoms with E-state index in [1.54, 1.807) is 30.3 Å². The fourth-order valence-corrected chi connectivity index (χ4v) is 3.45. The van der Waals surface area contributed by atoms with Gasteiger partial charge in [-0.1, -0.05) is 25.0 Å². The molecule has 24 heavy (non-hydrogen) atoms. The minimum Gasteiger partial charge on any atom is -0.325 e. The van der Waals surface area contributed by atoms with Crippen LogP contribution in [0.1, 0.15) is 48.5 Å². The molecule has 0 atom stereocenters. The number of ketones is 1. The molecule has 1 aliphatic carbocycles. The second-order valence-corrected chi connectivity index (χ2v) is 6.39. The Hall–Kier alpha value is -2.49. The maximum atomic E-state index is 13.6. The quantitative estimate of drug-likeness (QED) is 0.843. The van der Waals surface area contributed by atoms with Gasteiger partial charge < -0.3 is 5.32 Å². The van der Waals surface area contributed by atoms with Crippen LogP contribution in [0.15, 0.2) is 48.5 Å². The molecule has 3 nitrogen and oxygen atoms in total. The van der Waals surface area contributed by atoms with Gasteiger partial charge in [0.2, 0.25) is 5.91 Å². The molecule has 1 N–H and O–H groups in total. The summed E-state index contributed by atoms with van der Waals surface area (Å²) in [4.78, 5) is 24.3. The van der Waals surface area contributed by atoms with Crippen LogP contribution in [0.5, 0.6) is 0 Å². The van der Waals surface area contributed by atoms with Gasteiger partial charge in [-0.3, -0.25) is 9.59 Å². The SMILES string of the molecule is CC(=O)c1ccc(NC(=O)C2(c3cccc(F)c3)CCCC2)cc1. The zero-order valence-corrected chi connectivity index (χ0v) is 13.6. The summed E-state index contributed by atoms with van der Waals surface area (Å²) in [6, 6.07) is 13.2. The Morgan fingerprint density at radius 3 is 2.29 bits per heavy atom. The molecule has 0 heterocycles. The largest absolute Gasteiger partial charge is 0.325 e. The summed E-state index contributed by atoms with van der Waals surface area (Å²) in [6.07, 6.45) is 3.34. The molecule has 4 heteroatoms. The maximum Gasteiger partial charge on any atom is 0.235 e. The number of hydrogen-bond acceptors (Lipinski definition) is 2. The van der Waals surface area contributed by atoms with E-state index in [0.717, 1.165) is 18.4 Å². The van der Waals surface area contributed by atoms with Crippen LogP contribution in [0.2, 0.25) is 0 Å². The predicted molar refractivity (Wildman–Crippen MR) is 91.6 cm³/mol. The summed E-state index contributed by atoms with van der Waals surface area (Å²) in [7, 11) is 0. The van der Waals surface area contributed by atoms with E-state index in [0.29, 0.717) is 24.1 Å². The second kappa shape index (κ2) is 6.56. The highest BCUT2D eigenvalue weighted by molar-refractivity contribution is 6.00. The lowest BCUT2D eigenvalue weighted by Gasteiger charge is -2.28. The van der Waals surface area contributed by atoms with Crippen LogP contribution < -0.4 is 5.32 Å². The highest BCUT2D eigenvalue weighted by atomic mass is 19.1. The number of nitrogens with one attached hydrogen (secondary N) is 1. The van der Waals surface area contributed by atoms with Crippen LogP contribution in [0, 0.1) is 5.82 Å². The average Bonchev–Trinajstić information content (AvgIpc) is 3.06.